The molecule has 5 aromatic rings. The van der Waals surface area contributed by atoms with Crippen LogP contribution in [-0.2, 0) is 11.3 Å². The molecule has 7 nitrogen and oxygen atoms in total. The number of hydrogen-bond acceptors (Lipinski definition) is 6. The third-order valence-corrected chi connectivity index (χ3v) is 6.15. The molecule has 0 aliphatic heterocycles. The molecule has 148 valence electrons. The smallest absolute Gasteiger partial charge is 0.267 e. The first-order chi connectivity index (χ1) is 14.7. The van der Waals surface area contributed by atoms with Crippen LogP contribution in [-0.4, -0.2) is 25.1 Å². The van der Waals surface area contributed by atoms with Gasteiger partial charge in [0.25, 0.3) is 5.56 Å². The van der Waals surface area contributed by atoms with Crippen LogP contribution in [0.2, 0.25) is 0 Å². The van der Waals surface area contributed by atoms with Gasteiger partial charge < -0.3 is 5.32 Å². The van der Waals surface area contributed by atoms with Gasteiger partial charge in [-0.05, 0) is 29.6 Å². The fourth-order valence-corrected chi connectivity index (χ4v) is 4.44. The molecule has 0 radical (unpaired) electrons. The van der Waals surface area contributed by atoms with E-state index in [1.807, 2.05) is 64.0 Å². The van der Waals surface area contributed by atoms with Gasteiger partial charge in [-0.25, -0.2) is 9.67 Å². The lowest BCUT2D eigenvalue weighted by molar-refractivity contribution is -0.117. The summed E-state index contributed by atoms with van der Waals surface area (Å²) in [6, 6.07) is 14.4. The van der Waals surface area contributed by atoms with Gasteiger partial charge in [0.2, 0.25) is 5.91 Å². The van der Waals surface area contributed by atoms with Crippen molar-refractivity contribution < 1.29 is 4.79 Å². The average Bonchev–Trinajstić information content (AvgIpc) is 3.48. The van der Waals surface area contributed by atoms with Crippen LogP contribution in [0.3, 0.4) is 0 Å². The number of aromatic nitrogens is 4. The van der Waals surface area contributed by atoms with Crippen molar-refractivity contribution in [1.29, 1.82) is 0 Å². The Bertz CT molecular complexity index is 1350. The first kappa shape index (κ1) is 18.5. The lowest BCUT2D eigenvalue weighted by Gasteiger charge is -2.08. The van der Waals surface area contributed by atoms with E-state index in [0.29, 0.717) is 11.4 Å². The van der Waals surface area contributed by atoms with Crippen LogP contribution in [0.15, 0.2) is 76.5 Å². The molecule has 1 amide bonds. The Balaban J connectivity index is 1.29. The van der Waals surface area contributed by atoms with E-state index in [1.54, 1.807) is 17.4 Å². The number of thiazole rings is 1. The second-order valence-corrected chi connectivity index (χ2v) is 8.36. The number of fused-ring (bicyclic) bond motifs is 1. The molecular formula is C21H15N5O2S2. The van der Waals surface area contributed by atoms with Crippen LogP contribution < -0.4 is 10.9 Å². The van der Waals surface area contributed by atoms with Crippen LogP contribution in [0.5, 0.6) is 0 Å². The third kappa shape index (κ3) is 3.68. The first-order valence-corrected chi connectivity index (χ1v) is 10.9. The van der Waals surface area contributed by atoms with Crippen molar-refractivity contribution in [1.82, 2.24) is 19.2 Å². The van der Waals surface area contributed by atoms with Gasteiger partial charge in [-0.2, -0.15) is 5.10 Å². The summed E-state index contributed by atoms with van der Waals surface area (Å²) in [6.45, 7) is -0.156. The Morgan fingerprint density at radius 3 is 2.63 bits per heavy atom. The Kier molecular flexibility index (Phi) is 4.74. The van der Waals surface area contributed by atoms with E-state index >= 15 is 0 Å². The highest BCUT2D eigenvalue weighted by Crippen LogP contribution is 2.23. The second-order valence-electron chi connectivity index (χ2n) is 6.54. The fraction of sp³-hybridized carbons (Fsp3) is 0.0476. The van der Waals surface area contributed by atoms with Gasteiger partial charge in [0, 0.05) is 35.1 Å². The maximum absolute atomic E-state index is 12.4. The summed E-state index contributed by atoms with van der Waals surface area (Å²) in [4.78, 5) is 31.0. The SMILES string of the molecule is O=C(Cn1nc(-c2cccs2)ccc1=O)Nc1ccc(-c2cn3ccsc3n2)cc1. The molecule has 1 aromatic carbocycles. The zero-order chi connectivity index (χ0) is 20.5. The number of anilines is 1. The van der Waals surface area contributed by atoms with E-state index in [4.69, 9.17) is 0 Å². The van der Waals surface area contributed by atoms with Gasteiger partial charge in [0.05, 0.1) is 10.6 Å². The quantitative estimate of drug-likeness (QED) is 0.454. The predicted molar refractivity (Wildman–Crippen MR) is 119 cm³/mol. The number of benzene rings is 1. The van der Waals surface area contributed by atoms with Crippen LogP contribution in [0, 0.1) is 0 Å². The number of nitrogens with one attached hydrogen (secondary N) is 1. The number of carbonyl (C=O) groups is 1. The highest BCUT2D eigenvalue weighted by Gasteiger charge is 2.10. The number of amides is 1. The summed E-state index contributed by atoms with van der Waals surface area (Å²) in [6.07, 6.45) is 3.94. The van der Waals surface area contributed by atoms with Crippen molar-refractivity contribution in [2.24, 2.45) is 0 Å². The van der Waals surface area contributed by atoms with E-state index in [0.717, 1.165) is 21.1 Å². The Morgan fingerprint density at radius 2 is 1.87 bits per heavy atom. The summed E-state index contributed by atoms with van der Waals surface area (Å²) >= 11 is 3.11. The van der Waals surface area contributed by atoms with Gasteiger partial charge in [-0.15, -0.1) is 22.7 Å². The third-order valence-electron chi connectivity index (χ3n) is 4.49. The fourth-order valence-electron chi connectivity index (χ4n) is 3.05. The highest BCUT2D eigenvalue weighted by molar-refractivity contribution is 7.15. The van der Waals surface area contributed by atoms with Gasteiger partial charge >= 0.3 is 0 Å². The molecule has 0 aliphatic carbocycles. The molecule has 1 N–H and O–H groups in total. The molecule has 30 heavy (non-hydrogen) atoms. The van der Waals surface area contributed by atoms with Crippen LogP contribution in [0.4, 0.5) is 5.69 Å². The number of hydrogen-bond donors (Lipinski definition) is 1. The van der Waals surface area contributed by atoms with Crippen LogP contribution >= 0.6 is 22.7 Å². The topological polar surface area (TPSA) is 81.3 Å². The average molecular weight is 434 g/mol. The first-order valence-electron chi connectivity index (χ1n) is 9.10. The standard InChI is InChI=1S/C21H15N5O2S2/c27-19(13-26-20(28)8-7-16(24-26)18-2-1-10-29-18)22-15-5-3-14(4-6-15)17-12-25-9-11-30-21(25)23-17/h1-12H,13H2,(H,22,27). The van der Waals surface area contributed by atoms with Gasteiger partial charge in [0.15, 0.2) is 4.96 Å². The molecule has 0 saturated heterocycles. The van der Waals surface area contributed by atoms with Crippen molar-refractivity contribution in [3.63, 3.8) is 0 Å². The van der Waals surface area contributed by atoms with E-state index in [-0.39, 0.29) is 18.0 Å². The van der Waals surface area contributed by atoms with Gasteiger partial charge in [-0.3, -0.25) is 14.0 Å². The molecule has 0 saturated carbocycles. The minimum absolute atomic E-state index is 0.156. The molecule has 9 heteroatoms. The summed E-state index contributed by atoms with van der Waals surface area (Å²) in [5, 5.41) is 11.0. The van der Waals surface area contributed by atoms with E-state index < -0.39 is 0 Å². The number of rotatable bonds is 5. The molecule has 0 bridgehead atoms. The summed E-state index contributed by atoms with van der Waals surface area (Å²) in [5.74, 6) is -0.316. The van der Waals surface area contributed by atoms with Crippen molar-refractivity contribution in [3.8, 4) is 21.8 Å². The molecule has 5 rings (SSSR count). The molecular weight excluding hydrogens is 418 g/mol. The van der Waals surface area contributed by atoms with Crippen molar-refractivity contribution >= 4 is 39.2 Å². The molecule has 0 atom stereocenters. The zero-order valence-electron chi connectivity index (χ0n) is 15.6. The van der Waals surface area contributed by atoms with Crippen molar-refractivity contribution in [3.05, 3.63) is 82.0 Å². The molecule has 4 heterocycles. The minimum Gasteiger partial charge on any atom is -0.324 e. The van der Waals surface area contributed by atoms with Gasteiger partial charge in [-0.1, -0.05) is 18.2 Å². The largest absolute Gasteiger partial charge is 0.324 e. The van der Waals surface area contributed by atoms with E-state index in [9.17, 15) is 9.59 Å². The summed E-state index contributed by atoms with van der Waals surface area (Å²) in [5.41, 5.74) is 2.83. The number of imidazole rings is 1. The minimum atomic E-state index is -0.319. The number of thiophene rings is 1. The van der Waals surface area contributed by atoms with Crippen LogP contribution in [0.25, 0.3) is 26.8 Å². The lowest BCUT2D eigenvalue weighted by Crippen LogP contribution is -2.29. The number of carbonyl (C=O) groups excluding carboxylic acids is 1. The zero-order valence-corrected chi connectivity index (χ0v) is 17.2. The second kappa shape index (κ2) is 7.69. The Hall–Kier alpha value is -3.56. The highest BCUT2D eigenvalue weighted by atomic mass is 32.1. The van der Waals surface area contributed by atoms with E-state index in [2.05, 4.69) is 15.4 Å². The molecule has 0 fully saturated rings. The molecule has 4 aromatic heterocycles. The van der Waals surface area contributed by atoms with Gasteiger partial charge in [0.1, 0.15) is 12.2 Å². The predicted octanol–water partition coefficient (Wildman–Crippen LogP) is 3.99. The normalized spacial score (nSPS) is 11.1. The molecule has 0 unspecified atom stereocenters. The summed E-state index contributed by atoms with van der Waals surface area (Å²) < 4.78 is 3.15. The van der Waals surface area contributed by atoms with Crippen molar-refractivity contribution in [2.75, 3.05) is 5.32 Å². The van der Waals surface area contributed by atoms with Crippen LogP contribution in [0.1, 0.15) is 0 Å². The molecule has 0 aliphatic rings. The monoisotopic (exact) mass is 433 g/mol. The Morgan fingerprint density at radius 1 is 1.00 bits per heavy atom. The van der Waals surface area contributed by atoms with Crippen molar-refractivity contribution in [2.45, 2.75) is 6.54 Å². The van der Waals surface area contributed by atoms with E-state index in [1.165, 1.54) is 22.1 Å². The summed E-state index contributed by atoms with van der Waals surface area (Å²) in [7, 11) is 0. The maximum atomic E-state index is 12.4. The number of nitrogens with zero attached hydrogens (tertiary/aromatic N) is 4. The molecule has 0 spiro atoms. The lowest BCUT2D eigenvalue weighted by atomic mass is 10.1. The maximum Gasteiger partial charge on any atom is 0.267 e. The Labute approximate surface area is 178 Å².